The van der Waals surface area contributed by atoms with Crippen molar-refractivity contribution in [1.29, 1.82) is 0 Å². The maximum absolute atomic E-state index is 14.8. The predicted octanol–water partition coefficient (Wildman–Crippen LogP) is 7.98. The Balaban J connectivity index is 1.58. The van der Waals surface area contributed by atoms with E-state index in [1.54, 1.807) is 54.6 Å². The van der Waals surface area contributed by atoms with Crippen LogP contribution in [0.2, 0.25) is 10.0 Å². The average Bonchev–Trinajstić information content (AvgIpc) is 3.11. The van der Waals surface area contributed by atoms with Gasteiger partial charge in [0, 0.05) is 29.1 Å². The van der Waals surface area contributed by atoms with E-state index >= 15 is 0 Å². The van der Waals surface area contributed by atoms with Gasteiger partial charge in [0.1, 0.15) is 18.3 Å². The molecule has 0 aliphatic heterocycles. The van der Waals surface area contributed by atoms with Gasteiger partial charge in [0.05, 0.1) is 17.2 Å². The predicted molar refractivity (Wildman–Crippen MR) is 199 cm³/mol. The van der Waals surface area contributed by atoms with Crippen LogP contribution in [0.3, 0.4) is 0 Å². The Bertz CT molecular complexity index is 1850. The lowest BCUT2D eigenvalue weighted by atomic mass is 9.94. The molecule has 0 radical (unpaired) electrons. The van der Waals surface area contributed by atoms with Crippen molar-refractivity contribution in [2.45, 2.75) is 75.9 Å². The van der Waals surface area contributed by atoms with E-state index in [9.17, 15) is 18.0 Å². The number of nitrogens with zero attached hydrogens (tertiary/aromatic N) is 2. The highest BCUT2D eigenvalue weighted by Gasteiger charge is 2.35. The monoisotopic (exact) mass is 735 g/mol. The molecule has 0 unspecified atom stereocenters. The zero-order chi connectivity index (χ0) is 35.7. The molecule has 2 amide bonds. The second-order valence-electron chi connectivity index (χ2n) is 12.6. The summed E-state index contributed by atoms with van der Waals surface area (Å²) < 4.78 is 35.3. The van der Waals surface area contributed by atoms with E-state index in [2.05, 4.69) is 5.32 Å². The molecule has 1 fully saturated rings. The van der Waals surface area contributed by atoms with Crippen molar-refractivity contribution in [3.8, 4) is 5.75 Å². The normalized spacial score (nSPS) is 14.1. The first-order valence-electron chi connectivity index (χ1n) is 16.9. The van der Waals surface area contributed by atoms with Gasteiger partial charge in [0.15, 0.2) is 0 Å². The number of anilines is 1. The van der Waals surface area contributed by atoms with E-state index in [0.717, 1.165) is 47.5 Å². The van der Waals surface area contributed by atoms with E-state index in [0.29, 0.717) is 28.0 Å². The van der Waals surface area contributed by atoms with Gasteiger partial charge in [-0.2, -0.15) is 0 Å². The van der Waals surface area contributed by atoms with Gasteiger partial charge in [-0.15, -0.1) is 0 Å². The first-order chi connectivity index (χ1) is 24.0. The highest BCUT2D eigenvalue weighted by Crippen LogP contribution is 2.29. The molecule has 264 valence electrons. The van der Waals surface area contributed by atoms with Crippen molar-refractivity contribution in [2.75, 3.05) is 17.5 Å². The van der Waals surface area contributed by atoms with Gasteiger partial charge >= 0.3 is 0 Å². The largest absolute Gasteiger partial charge is 0.494 e. The van der Waals surface area contributed by atoms with Crippen molar-refractivity contribution < 1.29 is 22.7 Å². The second-order valence-corrected chi connectivity index (χ2v) is 15.3. The summed E-state index contributed by atoms with van der Waals surface area (Å²) in [6.07, 6.45) is 5.10. The summed E-state index contributed by atoms with van der Waals surface area (Å²) in [6, 6.07) is 26.5. The van der Waals surface area contributed by atoms with Gasteiger partial charge < -0.3 is 15.0 Å². The summed E-state index contributed by atoms with van der Waals surface area (Å²) in [5, 5.41) is 3.98. The molecule has 11 heteroatoms. The molecule has 0 saturated heterocycles. The van der Waals surface area contributed by atoms with Gasteiger partial charge in [0.2, 0.25) is 11.8 Å². The number of ether oxygens (including phenoxy) is 1. The summed E-state index contributed by atoms with van der Waals surface area (Å²) in [7, 11) is -4.24. The SMILES string of the molecule is CCOc1ccc(N(CC(=O)N(Cc2ccc(Cl)cc2Cl)[C@H](Cc2ccccc2)C(=O)NC2CCCCC2)S(=O)(=O)c2ccc(C)cc2)cc1. The summed E-state index contributed by atoms with van der Waals surface area (Å²) >= 11 is 12.9. The number of carbonyl (C=O) groups is 2. The fourth-order valence-corrected chi connectivity index (χ4v) is 8.06. The van der Waals surface area contributed by atoms with Crippen LogP contribution in [-0.2, 0) is 32.6 Å². The molecule has 1 aliphatic rings. The number of hydrogen-bond acceptors (Lipinski definition) is 5. The van der Waals surface area contributed by atoms with Gasteiger partial charge in [-0.05, 0) is 86.3 Å². The van der Waals surface area contributed by atoms with E-state index in [1.807, 2.05) is 44.2 Å². The Morgan fingerprint density at radius 3 is 2.22 bits per heavy atom. The number of halogens is 2. The topological polar surface area (TPSA) is 96.0 Å². The molecular formula is C39H43Cl2N3O5S. The van der Waals surface area contributed by atoms with Gasteiger partial charge in [-0.25, -0.2) is 8.42 Å². The molecule has 1 N–H and O–H groups in total. The maximum atomic E-state index is 14.8. The zero-order valence-corrected chi connectivity index (χ0v) is 30.7. The Hall–Kier alpha value is -4.05. The van der Waals surface area contributed by atoms with E-state index in [-0.39, 0.29) is 35.5 Å². The zero-order valence-electron chi connectivity index (χ0n) is 28.4. The quantitative estimate of drug-likeness (QED) is 0.142. The first-order valence-corrected chi connectivity index (χ1v) is 19.1. The van der Waals surface area contributed by atoms with Gasteiger partial charge in [-0.1, -0.05) is 96.6 Å². The molecule has 4 aromatic rings. The Kier molecular flexibility index (Phi) is 12.8. The van der Waals surface area contributed by atoms with Crippen LogP contribution in [0, 0.1) is 6.92 Å². The number of aryl methyl sites for hydroxylation is 1. The Labute approximate surface area is 305 Å². The number of amides is 2. The molecule has 50 heavy (non-hydrogen) atoms. The minimum Gasteiger partial charge on any atom is -0.494 e. The lowest BCUT2D eigenvalue weighted by Crippen LogP contribution is -2.55. The third-order valence-electron chi connectivity index (χ3n) is 8.90. The summed E-state index contributed by atoms with van der Waals surface area (Å²) in [4.78, 5) is 30.6. The van der Waals surface area contributed by atoms with E-state index < -0.39 is 28.5 Å². The lowest BCUT2D eigenvalue weighted by molar-refractivity contribution is -0.140. The van der Waals surface area contributed by atoms with Crippen molar-refractivity contribution in [1.82, 2.24) is 10.2 Å². The minimum absolute atomic E-state index is 0.00661. The van der Waals surface area contributed by atoms with Gasteiger partial charge in [0.25, 0.3) is 10.0 Å². The molecule has 4 aromatic carbocycles. The molecular weight excluding hydrogens is 693 g/mol. The van der Waals surface area contributed by atoms with Gasteiger partial charge in [-0.3, -0.25) is 13.9 Å². The molecule has 0 aromatic heterocycles. The Morgan fingerprint density at radius 1 is 0.900 bits per heavy atom. The number of benzene rings is 4. The van der Waals surface area contributed by atoms with Crippen LogP contribution >= 0.6 is 23.2 Å². The van der Waals surface area contributed by atoms with E-state index in [4.69, 9.17) is 27.9 Å². The van der Waals surface area contributed by atoms with Crippen LogP contribution in [0.25, 0.3) is 0 Å². The van der Waals surface area contributed by atoms with Crippen molar-refractivity contribution in [3.05, 3.63) is 124 Å². The number of hydrogen-bond donors (Lipinski definition) is 1. The highest BCUT2D eigenvalue weighted by molar-refractivity contribution is 7.92. The molecule has 1 aliphatic carbocycles. The van der Waals surface area contributed by atoms with Crippen LogP contribution in [0.15, 0.2) is 102 Å². The van der Waals surface area contributed by atoms with Crippen molar-refractivity contribution in [2.24, 2.45) is 0 Å². The standard InChI is InChI=1S/C39H43Cl2N3O5S/c1-3-49-34-20-18-33(19-21-34)44(50(47,48)35-22-14-28(2)15-23-35)27-38(45)43(26-30-16-17-31(40)25-36(30)41)37(24-29-10-6-4-7-11-29)39(46)42-32-12-8-5-9-13-32/h4,6-7,10-11,14-23,25,32,37H,3,5,8-9,12-13,24,26-27H2,1-2H3,(H,42,46)/t37-/m1/s1. The summed E-state index contributed by atoms with van der Waals surface area (Å²) in [5.74, 6) is -0.301. The number of sulfonamides is 1. The smallest absolute Gasteiger partial charge is 0.264 e. The summed E-state index contributed by atoms with van der Waals surface area (Å²) in [6.45, 7) is 3.55. The van der Waals surface area contributed by atoms with Crippen molar-refractivity contribution >= 4 is 50.7 Å². The number of nitrogens with one attached hydrogen (secondary N) is 1. The lowest BCUT2D eigenvalue weighted by Gasteiger charge is -2.35. The average molecular weight is 737 g/mol. The molecule has 1 saturated carbocycles. The molecule has 0 heterocycles. The fraction of sp³-hybridized carbons (Fsp3) is 0.333. The van der Waals surface area contributed by atoms with Crippen LogP contribution in [0.1, 0.15) is 55.7 Å². The van der Waals surface area contributed by atoms with Crippen LogP contribution in [0.5, 0.6) is 5.75 Å². The number of carbonyl (C=O) groups excluding carboxylic acids is 2. The molecule has 8 nitrogen and oxygen atoms in total. The minimum atomic E-state index is -4.24. The fourth-order valence-electron chi connectivity index (χ4n) is 6.17. The first kappa shape index (κ1) is 37.2. The molecule has 0 spiro atoms. The maximum Gasteiger partial charge on any atom is 0.264 e. The highest BCUT2D eigenvalue weighted by atomic mass is 35.5. The molecule has 1 atom stereocenters. The summed E-state index contributed by atoms with van der Waals surface area (Å²) in [5.41, 5.74) is 2.60. The van der Waals surface area contributed by atoms with Crippen LogP contribution < -0.4 is 14.4 Å². The third-order valence-corrected chi connectivity index (χ3v) is 11.3. The molecule has 0 bridgehead atoms. The van der Waals surface area contributed by atoms with Crippen LogP contribution in [0.4, 0.5) is 5.69 Å². The second kappa shape index (κ2) is 17.2. The number of rotatable bonds is 14. The van der Waals surface area contributed by atoms with E-state index in [1.165, 1.54) is 17.0 Å². The van der Waals surface area contributed by atoms with Crippen molar-refractivity contribution in [3.63, 3.8) is 0 Å². The van der Waals surface area contributed by atoms with Crippen LogP contribution in [-0.4, -0.2) is 50.4 Å². The third kappa shape index (κ3) is 9.59. The Morgan fingerprint density at radius 2 is 1.58 bits per heavy atom. The molecule has 5 rings (SSSR count).